The molecule has 1 aromatic rings. The summed E-state index contributed by atoms with van der Waals surface area (Å²) in [5.74, 6) is 0.150. The number of aromatic nitrogens is 1. The van der Waals surface area contributed by atoms with Gasteiger partial charge in [0.15, 0.2) is 34.7 Å². The summed E-state index contributed by atoms with van der Waals surface area (Å²) in [6, 6.07) is 0. The molecule has 12 fully saturated rings. The summed E-state index contributed by atoms with van der Waals surface area (Å²) in [5.41, 5.74) is 3.04. The van der Waals surface area contributed by atoms with E-state index in [1.54, 1.807) is 5.48 Å². The van der Waals surface area contributed by atoms with E-state index in [1.165, 1.54) is 67.3 Å². The van der Waals surface area contributed by atoms with Crippen LogP contribution in [0.5, 0.6) is 0 Å². The Hall–Kier alpha value is -8.52. The maximum atomic E-state index is 14.4. The molecule has 0 aliphatic heterocycles. The van der Waals surface area contributed by atoms with Crippen molar-refractivity contribution in [3.63, 3.8) is 0 Å². The number of ether oxygens (including phenoxy) is 3. The van der Waals surface area contributed by atoms with Gasteiger partial charge in [-0.1, -0.05) is 228 Å². The van der Waals surface area contributed by atoms with Gasteiger partial charge >= 0.3 is 23.9 Å². The highest BCUT2D eigenvalue weighted by atomic mass is 16.5. The molecule has 32 atom stereocenters. The molecule has 0 saturated heterocycles. The molecule has 0 unspecified atom stereocenters. The zero-order valence-electron chi connectivity index (χ0n) is 99.3. The lowest BCUT2D eigenvalue weighted by molar-refractivity contribution is -0.192. The van der Waals surface area contributed by atoms with Crippen LogP contribution in [0, 0.1) is 217 Å². The highest BCUT2D eigenvalue weighted by Gasteiger charge is 2.78. The Labute approximate surface area is 896 Å². The van der Waals surface area contributed by atoms with Crippen LogP contribution in [0.25, 0.3) is 14.5 Å². The number of carboxylic acid groups (broad SMARTS) is 1. The van der Waals surface area contributed by atoms with E-state index in [2.05, 4.69) is 171 Å². The molecule has 1 heterocycles. The topological polar surface area (TPSA) is 310 Å². The molecule has 12 saturated carbocycles. The fourth-order valence-corrected chi connectivity index (χ4v) is 39.9. The summed E-state index contributed by atoms with van der Waals surface area (Å²) in [6.45, 7) is 76.9. The monoisotopic (exact) mass is 2060 g/mol. The second-order valence-corrected chi connectivity index (χ2v) is 56.9. The van der Waals surface area contributed by atoms with Crippen LogP contribution in [0.3, 0.4) is 0 Å². The molecule has 0 bridgehead atoms. The number of aliphatic hydroxyl groups excluding tert-OH is 1. The van der Waals surface area contributed by atoms with E-state index in [4.69, 9.17) is 47.8 Å². The lowest BCUT2D eigenvalue weighted by Crippen LogP contribution is -2.65. The Morgan fingerprint density at radius 1 is 0.396 bits per heavy atom. The first-order chi connectivity index (χ1) is 70.8. The SMILES string of the molecule is CNO.COC(=O)[C@]12CCC(C)(C)C[C@H]1[C@H]1C(=O)C=C3[C@@]4(C)Cc5cnoc5[C@@H](C)[C@@H]4CC[C@@]3(C)[C@]1(C)CC2.[3H]C.[3H]C.[3H]C.[C-]#[N+]C1=C(O)[C@@H](C)[C@@H]2CC[C@]3(C)C(=CC(=O)[C@@H]4[C@@H]5CC(C)(C)CC[C@]5(C(=O)OC)CC[C@]43C)[C@@]2(C)C1.[C-]#[N+]C1=C[C@]2(C)C3=CC(=O)[C@@H]4[C@@H]5CC(C)(C)CC[C@]5(C(=O)O)CC[C@@]4(C)[C@]3(C)CC[C@H]2[C@H](C)C1=O.[C-]#[N+]C1=C[C@]2(C)C3=CC(=O)[C@@H]4[C@@H]5CC(C)(C)CC[C@]5(C(=O)OC)CC[C@@]4(C)[C@]3(C)CC[C@H]2[C@H](C)C1=O. The molecule has 22 heteroatoms. The minimum Gasteiger partial charge on any atom is -0.523 e. The van der Waals surface area contributed by atoms with Gasteiger partial charge in [0, 0.05) is 74.9 Å². The third-order valence-corrected chi connectivity index (χ3v) is 48.9. The van der Waals surface area contributed by atoms with Gasteiger partial charge in [-0.3, -0.25) is 38.4 Å². The number of carboxylic acids is 1. The number of fused-ring (bicyclic) bond motifs is 29. The summed E-state index contributed by atoms with van der Waals surface area (Å²) in [5, 5.41) is 32.7. The van der Waals surface area contributed by atoms with Crippen molar-refractivity contribution in [2.45, 2.75) is 387 Å². The number of Topliss-reactive ketones (excluding diaryl/α,β-unsaturated/α-hetero) is 2. The predicted molar refractivity (Wildman–Crippen MR) is 577 cm³/mol. The molecule has 149 heavy (non-hydrogen) atoms. The van der Waals surface area contributed by atoms with E-state index in [1.807, 2.05) is 57.3 Å². The maximum Gasteiger partial charge on any atom is 0.312 e. The molecule has 818 valence electrons. The molecule has 0 aromatic carbocycles. The van der Waals surface area contributed by atoms with E-state index in [0.717, 1.165) is 190 Å². The number of hydrogen-bond donors (Lipinski definition) is 4. The first kappa shape index (κ1) is 112. The third kappa shape index (κ3) is 16.0. The summed E-state index contributed by atoms with van der Waals surface area (Å²) in [7, 11) is 9.68. The number of ketones is 6. The number of aliphatic hydroxyl groups is 1. The third-order valence-electron chi connectivity index (χ3n) is 48.9. The van der Waals surface area contributed by atoms with E-state index >= 15 is 0 Å². The number of hydroxylamine groups is 1. The van der Waals surface area contributed by atoms with Gasteiger partial charge in [-0.2, -0.15) is 0 Å². The molecular formula is C127H183N5O17. The summed E-state index contributed by atoms with van der Waals surface area (Å²) in [6.07, 6.45) is 39.0. The van der Waals surface area contributed by atoms with Crippen LogP contribution in [-0.4, -0.2) is 108 Å². The molecular weight excluding hydrogens is 1870 g/mol. The molecule has 20 aliphatic carbocycles. The average molecular weight is 2060 g/mol. The fourth-order valence-electron chi connectivity index (χ4n) is 39.9. The standard InChI is InChI=1S/2C31H43NO4.C31H41NO4.C30H39NO4.CH5NO.3CH4/c1-18-20-8-9-29(5)23(28(20,4)15-19-17-32-36-25(18)19)14-22(33)24-21-16-27(2,3)10-12-31(21,26(34)35-7)13-11-30(24,29)6;2*1-18-19-9-10-29(5)23(28(19,4)17-21(32-7)25(18)34)15-22(33)24-20-16-27(2,3)11-13-31(20,26(35)36-8)14-12-30(24,29)6;1-17-18-8-9-28(5)22(27(18,4)16-20(31-7)24(17)33)14-21(32)23-19-15-26(2,3)10-12-30(19,25(34)35)13-11-29(23,28)6;1-2-3;;;/h14,17-18,20-21,24H,8-13,15-16H2,1-7H3;15,18-20,24,34H,9-14,16-17H2,1-6,8H3;15,17-20,24H,9-14,16H2,1-6,8H3;14,16-19,23H,8-13,15H2,1-6H3,(H,34,35);2-3H,1H3;3*1H4/t18-,20-,21-,24-,28-,29+,30+,31-;2*18-,19-,20-,24-,28-,29+,30+,31-;17-,18-,19-,23-,27-,28+,29+,30-;;;;/m0000..../s1/i;;;;;3*1T. The van der Waals surface area contributed by atoms with Crippen molar-refractivity contribution < 1.29 is 86.2 Å². The highest BCUT2D eigenvalue weighted by Crippen LogP contribution is 2.81. The Bertz CT molecular complexity index is 6060. The van der Waals surface area contributed by atoms with Gasteiger partial charge in [0.2, 0.25) is 17.1 Å². The maximum absolute atomic E-state index is 14.4. The Kier molecular flexibility index (Phi) is 28.4. The highest BCUT2D eigenvalue weighted by molar-refractivity contribution is 6.03. The van der Waals surface area contributed by atoms with Crippen molar-refractivity contribution in [2.75, 3.05) is 28.4 Å². The van der Waals surface area contributed by atoms with Crippen molar-refractivity contribution in [2.24, 2.45) is 197 Å². The number of nitrogens with zero attached hydrogens (tertiary/aromatic N) is 4. The van der Waals surface area contributed by atoms with Crippen LogP contribution in [0.4, 0.5) is 0 Å². The number of hydrogen-bond acceptors (Lipinski definition) is 18. The minimum absolute atomic E-state index is 0.0170. The number of carbonyl (C=O) groups is 10. The van der Waals surface area contributed by atoms with Gasteiger partial charge in [-0.05, 0) is 340 Å². The lowest BCUT2D eigenvalue weighted by Gasteiger charge is -2.68. The van der Waals surface area contributed by atoms with Crippen molar-refractivity contribution >= 4 is 58.6 Å². The molecule has 4 N–H and O–H groups in total. The number of allylic oxidation sites excluding steroid dienone is 14. The van der Waals surface area contributed by atoms with Crippen LogP contribution in [-0.2, 0) is 68.6 Å². The van der Waals surface area contributed by atoms with Gasteiger partial charge in [0.05, 0.1) is 74.7 Å². The van der Waals surface area contributed by atoms with Gasteiger partial charge in [0.1, 0.15) is 5.76 Å². The second-order valence-electron chi connectivity index (χ2n) is 56.9. The zero-order chi connectivity index (χ0) is 113. The smallest absolute Gasteiger partial charge is 0.312 e. The van der Waals surface area contributed by atoms with Gasteiger partial charge in [0.25, 0.3) is 0 Å². The first-order valence-electron chi connectivity index (χ1n) is 58.7. The van der Waals surface area contributed by atoms with Crippen molar-refractivity contribution in [1.29, 1.82) is 0 Å². The number of carbonyl (C=O) groups excluding carboxylic acids is 9. The molecule has 21 rings (SSSR count). The van der Waals surface area contributed by atoms with Crippen LogP contribution >= 0.6 is 0 Å². The predicted octanol–water partition coefficient (Wildman–Crippen LogP) is 27.8. The number of nitrogens with one attached hydrogen (secondary N) is 1. The van der Waals surface area contributed by atoms with Gasteiger partial charge in [-0.25, -0.2) is 20.0 Å². The first-order valence-corrected chi connectivity index (χ1v) is 55.7. The normalized spacial score (nSPS) is 45.8. The quantitative estimate of drug-likeness (QED) is 0.0942. The Morgan fingerprint density at radius 2 is 0.671 bits per heavy atom. The van der Waals surface area contributed by atoms with Crippen LogP contribution in [0.2, 0.25) is 0 Å². The number of rotatable bonds is 4. The fraction of sp³-hybridized carbons (Fsp3) is 0.764. The summed E-state index contributed by atoms with van der Waals surface area (Å²) >= 11 is 0. The van der Waals surface area contributed by atoms with E-state index in [0.29, 0.717) is 36.8 Å². The molecule has 0 radical (unpaired) electrons. The Balaban J connectivity index is 0.000000155. The van der Waals surface area contributed by atoms with Crippen LogP contribution < -0.4 is 5.48 Å². The molecule has 20 aliphatic rings. The van der Waals surface area contributed by atoms with Gasteiger partial charge < -0.3 is 43.7 Å². The number of aliphatic carboxylic acids is 1. The van der Waals surface area contributed by atoms with Crippen molar-refractivity contribution in [1.82, 2.24) is 10.6 Å². The van der Waals surface area contributed by atoms with Crippen LogP contribution in [0.15, 0.2) is 92.3 Å². The molecule has 0 amide bonds. The van der Waals surface area contributed by atoms with E-state index in [-0.39, 0.29) is 228 Å². The zero-order valence-corrected chi connectivity index (χ0v) is 96.3. The van der Waals surface area contributed by atoms with Gasteiger partial charge in [-0.15, -0.1) is 0 Å². The van der Waals surface area contributed by atoms with Crippen molar-refractivity contribution in [3.8, 4) is 0 Å². The van der Waals surface area contributed by atoms with E-state index < -0.39 is 38.5 Å². The largest absolute Gasteiger partial charge is 0.523 e. The average Bonchev–Trinajstić information content (AvgIpc) is 0.982. The Morgan fingerprint density at radius 3 is 0.980 bits per heavy atom. The molecule has 1 aromatic heterocycles. The summed E-state index contributed by atoms with van der Waals surface area (Å²) < 4.78 is 39.2. The molecule has 0 spiro atoms. The number of methoxy groups -OCH3 is 3. The summed E-state index contributed by atoms with van der Waals surface area (Å²) in [4.78, 5) is 147. The van der Waals surface area contributed by atoms with Crippen LogP contribution in [0.1, 0.15) is 396 Å². The molecule has 22 nitrogen and oxygen atoms in total. The number of esters is 3. The second kappa shape index (κ2) is 38.0. The van der Waals surface area contributed by atoms with E-state index in [9.17, 15) is 58.2 Å². The van der Waals surface area contributed by atoms with Crippen molar-refractivity contribution in [3.05, 3.63) is 133 Å². The lowest BCUT2D eigenvalue weighted by atomic mass is 9.34. The minimum atomic E-state index is -0.818.